The summed E-state index contributed by atoms with van der Waals surface area (Å²) in [5.74, 6) is -1.48. The van der Waals surface area contributed by atoms with E-state index in [2.05, 4.69) is 15.5 Å². The number of halogens is 1. The Balaban J connectivity index is 1.98. The van der Waals surface area contributed by atoms with E-state index in [1.807, 2.05) is 0 Å². The van der Waals surface area contributed by atoms with Gasteiger partial charge in [-0.25, -0.2) is 4.39 Å². The summed E-state index contributed by atoms with van der Waals surface area (Å²) in [5, 5.41) is 49.3. The van der Waals surface area contributed by atoms with Crippen molar-refractivity contribution < 1.29 is 29.8 Å². The molecule has 28 heavy (non-hydrogen) atoms. The SMILES string of the molecule is N=C(C(=NC1Cc2ccc(F)cc21)NO)/C(=N\O)SCC(=O)NCC(O)CO. The zero-order valence-electron chi connectivity index (χ0n) is 14.6. The highest BCUT2D eigenvalue weighted by Gasteiger charge is 2.28. The van der Waals surface area contributed by atoms with E-state index in [0.29, 0.717) is 23.7 Å². The van der Waals surface area contributed by atoms with Crippen LogP contribution in [-0.2, 0) is 11.2 Å². The van der Waals surface area contributed by atoms with Crippen LogP contribution in [0.15, 0.2) is 28.3 Å². The number of carbonyl (C=O) groups is 1. The van der Waals surface area contributed by atoms with Crippen LogP contribution in [0.3, 0.4) is 0 Å². The molecular formula is C16H20FN5O5S. The Morgan fingerprint density at radius 2 is 2.21 bits per heavy atom. The van der Waals surface area contributed by atoms with E-state index in [9.17, 15) is 19.5 Å². The Morgan fingerprint density at radius 3 is 2.86 bits per heavy atom. The number of aliphatic hydroxyl groups excluding tert-OH is 2. The number of hydrogen-bond acceptors (Lipinski definition) is 9. The molecule has 0 bridgehead atoms. The lowest BCUT2D eigenvalue weighted by molar-refractivity contribution is -0.119. The fourth-order valence-corrected chi connectivity index (χ4v) is 3.07. The molecule has 7 N–H and O–H groups in total. The lowest BCUT2D eigenvalue weighted by Crippen LogP contribution is -2.37. The number of fused-ring (bicyclic) bond motifs is 1. The second-order valence-electron chi connectivity index (χ2n) is 5.86. The molecule has 2 unspecified atom stereocenters. The highest BCUT2D eigenvalue weighted by molar-refractivity contribution is 8.16. The molecule has 2 rings (SSSR count). The largest absolute Gasteiger partial charge is 0.410 e. The van der Waals surface area contributed by atoms with Crippen molar-refractivity contribution in [1.29, 1.82) is 5.41 Å². The Kier molecular flexibility index (Phi) is 7.87. The van der Waals surface area contributed by atoms with Crippen LogP contribution in [0, 0.1) is 11.2 Å². The lowest BCUT2D eigenvalue weighted by atomic mass is 9.83. The van der Waals surface area contributed by atoms with Crippen LogP contribution in [0.1, 0.15) is 17.2 Å². The summed E-state index contributed by atoms with van der Waals surface area (Å²) in [4.78, 5) is 15.8. The maximum Gasteiger partial charge on any atom is 0.230 e. The fourth-order valence-electron chi connectivity index (χ4n) is 2.40. The van der Waals surface area contributed by atoms with Gasteiger partial charge >= 0.3 is 0 Å². The summed E-state index contributed by atoms with van der Waals surface area (Å²) in [7, 11) is 0. The van der Waals surface area contributed by atoms with Gasteiger partial charge in [0, 0.05) is 6.54 Å². The molecule has 1 aromatic rings. The van der Waals surface area contributed by atoms with Gasteiger partial charge in [-0.05, 0) is 29.7 Å². The van der Waals surface area contributed by atoms with Crippen molar-refractivity contribution in [3.63, 3.8) is 0 Å². The van der Waals surface area contributed by atoms with E-state index >= 15 is 0 Å². The number of nitrogens with one attached hydrogen (secondary N) is 3. The first-order valence-corrected chi connectivity index (χ1v) is 9.14. The molecule has 10 nitrogen and oxygen atoms in total. The first-order chi connectivity index (χ1) is 13.4. The minimum Gasteiger partial charge on any atom is -0.410 e. The van der Waals surface area contributed by atoms with Gasteiger partial charge in [-0.15, -0.1) is 0 Å². The standard InChI is InChI=1S/C16H20FN5O5S/c17-9-2-1-8-3-12(11(8)4-9)20-15(21-26)14(18)16(22-27)28-7-13(25)19-5-10(24)6-23/h1-2,4,10,12,18,23-24,26-27H,3,5-7H2,(H,19,25)(H,20,21)/b18-14?,22-16+. The van der Waals surface area contributed by atoms with Gasteiger partial charge in [-0.1, -0.05) is 23.0 Å². The molecule has 1 aliphatic carbocycles. The summed E-state index contributed by atoms with van der Waals surface area (Å²) >= 11 is 0.709. The second kappa shape index (κ2) is 10.1. The number of amides is 1. The van der Waals surface area contributed by atoms with E-state index in [1.54, 1.807) is 11.5 Å². The Labute approximate surface area is 163 Å². The number of amidine groups is 1. The van der Waals surface area contributed by atoms with Gasteiger partial charge < -0.3 is 20.7 Å². The Morgan fingerprint density at radius 1 is 1.46 bits per heavy atom. The first-order valence-electron chi connectivity index (χ1n) is 8.15. The van der Waals surface area contributed by atoms with Crippen molar-refractivity contribution in [2.24, 2.45) is 10.1 Å². The van der Waals surface area contributed by atoms with Crippen LogP contribution in [0.5, 0.6) is 0 Å². The molecule has 0 spiro atoms. The van der Waals surface area contributed by atoms with Crippen LogP contribution < -0.4 is 10.8 Å². The zero-order valence-corrected chi connectivity index (χ0v) is 15.4. The Hall–Kier alpha value is -2.54. The molecule has 0 aliphatic heterocycles. The van der Waals surface area contributed by atoms with Crippen molar-refractivity contribution in [1.82, 2.24) is 10.8 Å². The van der Waals surface area contributed by atoms with Gasteiger partial charge in [0.2, 0.25) is 5.91 Å². The highest BCUT2D eigenvalue weighted by Crippen LogP contribution is 2.36. The second-order valence-corrected chi connectivity index (χ2v) is 6.83. The molecule has 152 valence electrons. The number of nitrogens with zero attached hydrogens (tertiary/aromatic N) is 2. The number of oxime groups is 1. The molecule has 0 heterocycles. The maximum absolute atomic E-state index is 13.3. The molecule has 0 saturated carbocycles. The summed E-state index contributed by atoms with van der Waals surface area (Å²) in [6.07, 6.45) is -0.590. The van der Waals surface area contributed by atoms with Gasteiger partial charge in [0.05, 0.1) is 24.5 Å². The van der Waals surface area contributed by atoms with E-state index < -0.39 is 36.2 Å². The molecule has 2 atom stereocenters. The van der Waals surface area contributed by atoms with Crippen molar-refractivity contribution in [2.75, 3.05) is 18.9 Å². The molecular weight excluding hydrogens is 393 g/mol. The third kappa shape index (κ3) is 5.48. The molecule has 1 amide bonds. The molecule has 0 saturated heterocycles. The maximum atomic E-state index is 13.3. The number of hydrogen-bond donors (Lipinski definition) is 7. The van der Waals surface area contributed by atoms with Crippen LogP contribution in [0.4, 0.5) is 4.39 Å². The van der Waals surface area contributed by atoms with Crippen molar-refractivity contribution in [3.05, 3.63) is 35.1 Å². The fraction of sp³-hybridized carbons (Fsp3) is 0.375. The van der Waals surface area contributed by atoms with Gasteiger partial charge in [0.15, 0.2) is 10.9 Å². The van der Waals surface area contributed by atoms with Gasteiger partial charge in [-0.3, -0.25) is 25.9 Å². The molecule has 0 radical (unpaired) electrons. The minimum atomic E-state index is -1.09. The molecule has 1 aromatic carbocycles. The van der Waals surface area contributed by atoms with E-state index in [1.165, 1.54) is 12.1 Å². The van der Waals surface area contributed by atoms with Crippen LogP contribution in [0.2, 0.25) is 0 Å². The van der Waals surface area contributed by atoms with E-state index in [0.717, 1.165) is 5.56 Å². The van der Waals surface area contributed by atoms with E-state index in [-0.39, 0.29) is 23.2 Å². The number of aliphatic hydroxyl groups is 2. The molecule has 1 aliphatic rings. The first kappa shape index (κ1) is 21.8. The quantitative estimate of drug-likeness (QED) is 0.134. The average molecular weight is 413 g/mol. The number of benzene rings is 1. The van der Waals surface area contributed by atoms with Crippen molar-refractivity contribution >= 4 is 34.3 Å². The number of carbonyl (C=O) groups excluding carboxylic acids is 1. The minimum absolute atomic E-state index is 0.151. The van der Waals surface area contributed by atoms with Gasteiger partial charge in [0.1, 0.15) is 11.5 Å². The third-order valence-electron chi connectivity index (χ3n) is 3.90. The topological polar surface area (TPSA) is 171 Å². The van der Waals surface area contributed by atoms with E-state index in [4.69, 9.17) is 15.7 Å². The predicted molar refractivity (Wildman–Crippen MR) is 101 cm³/mol. The summed E-state index contributed by atoms with van der Waals surface area (Å²) in [5.41, 5.74) is 2.85. The monoisotopic (exact) mass is 413 g/mol. The summed E-state index contributed by atoms with van der Waals surface area (Å²) < 4.78 is 13.3. The van der Waals surface area contributed by atoms with Crippen LogP contribution in [0.25, 0.3) is 0 Å². The zero-order chi connectivity index (χ0) is 20.7. The molecule has 12 heteroatoms. The third-order valence-corrected chi connectivity index (χ3v) is 4.86. The molecule has 0 aromatic heterocycles. The number of hydroxylamine groups is 1. The Bertz CT molecular complexity index is 804. The lowest BCUT2D eigenvalue weighted by Gasteiger charge is -2.27. The van der Waals surface area contributed by atoms with Crippen LogP contribution in [-0.4, -0.2) is 68.1 Å². The normalized spacial score (nSPS) is 17.4. The average Bonchev–Trinajstić information content (AvgIpc) is 2.68. The summed E-state index contributed by atoms with van der Waals surface area (Å²) in [6, 6.07) is 3.83. The predicted octanol–water partition coefficient (Wildman–Crippen LogP) is -0.190. The molecule has 0 fully saturated rings. The van der Waals surface area contributed by atoms with Crippen LogP contribution >= 0.6 is 11.8 Å². The number of rotatable bonds is 8. The smallest absolute Gasteiger partial charge is 0.230 e. The van der Waals surface area contributed by atoms with Crippen molar-refractivity contribution in [2.45, 2.75) is 18.6 Å². The van der Waals surface area contributed by atoms with Gasteiger partial charge in [0.25, 0.3) is 0 Å². The number of thioether (sulfide) groups is 1. The highest BCUT2D eigenvalue weighted by atomic mass is 32.2. The van der Waals surface area contributed by atoms with Gasteiger partial charge in [-0.2, -0.15) is 0 Å². The summed E-state index contributed by atoms with van der Waals surface area (Å²) in [6.45, 7) is -0.654. The number of aliphatic imine (C=N–C) groups is 1. The van der Waals surface area contributed by atoms with Crippen molar-refractivity contribution in [3.8, 4) is 0 Å².